The number of nitrogens with one attached hydrogen (secondary N) is 1. The van der Waals surface area contributed by atoms with E-state index < -0.39 is 0 Å². The molecule has 1 aliphatic carbocycles. The highest BCUT2D eigenvalue weighted by Crippen LogP contribution is 2.42. The molecule has 0 radical (unpaired) electrons. The van der Waals surface area contributed by atoms with Crippen LogP contribution in [0.5, 0.6) is 0 Å². The first-order valence-corrected chi connectivity index (χ1v) is 8.78. The zero-order valence-corrected chi connectivity index (χ0v) is 13.5. The number of para-hydroxylation sites is 1. The molecule has 0 saturated carbocycles. The average Bonchev–Trinajstić information content (AvgIpc) is 3.22. The van der Waals surface area contributed by atoms with Crippen LogP contribution in [-0.2, 0) is 6.42 Å². The van der Waals surface area contributed by atoms with E-state index in [9.17, 15) is 4.79 Å². The molecule has 1 N–H and O–H groups in total. The SMILES string of the molecule is O=C(c1c[nH]c2ccccc12)N1CCC[C@H]2c3ccccc3C[C@H]21. The van der Waals surface area contributed by atoms with E-state index in [1.54, 1.807) is 0 Å². The minimum Gasteiger partial charge on any atom is -0.360 e. The van der Waals surface area contributed by atoms with E-state index in [0.29, 0.717) is 12.0 Å². The molecule has 3 aromatic rings. The highest BCUT2D eigenvalue weighted by atomic mass is 16.2. The summed E-state index contributed by atoms with van der Waals surface area (Å²) in [6.07, 6.45) is 5.15. The van der Waals surface area contributed by atoms with Crippen LogP contribution >= 0.6 is 0 Å². The van der Waals surface area contributed by atoms with Crippen LogP contribution < -0.4 is 0 Å². The number of carbonyl (C=O) groups is 1. The smallest absolute Gasteiger partial charge is 0.256 e. The van der Waals surface area contributed by atoms with Crippen LogP contribution in [0.3, 0.4) is 0 Å². The Morgan fingerprint density at radius 1 is 1.08 bits per heavy atom. The average molecular weight is 316 g/mol. The van der Waals surface area contributed by atoms with E-state index in [4.69, 9.17) is 0 Å². The summed E-state index contributed by atoms with van der Waals surface area (Å²) in [5, 5.41) is 1.03. The standard InChI is InChI=1S/C21H20N2O/c24-21(18-13-22-19-10-4-3-8-16(18)19)23-11-5-9-17-15-7-2-1-6-14(15)12-20(17)23/h1-4,6-8,10,13,17,20,22H,5,9,11-12H2/t17-,20+/m0/s1. The van der Waals surface area contributed by atoms with E-state index >= 15 is 0 Å². The summed E-state index contributed by atoms with van der Waals surface area (Å²) in [6, 6.07) is 17.1. The van der Waals surface area contributed by atoms with E-state index in [1.165, 1.54) is 17.5 Å². The topological polar surface area (TPSA) is 36.1 Å². The second-order valence-electron chi connectivity index (χ2n) is 6.97. The lowest BCUT2D eigenvalue weighted by Gasteiger charge is -2.38. The molecular formula is C21H20N2O. The van der Waals surface area contributed by atoms with E-state index in [2.05, 4.69) is 34.1 Å². The van der Waals surface area contributed by atoms with Gasteiger partial charge in [-0.3, -0.25) is 4.79 Å². The van der Waals surface area contributed by atoms with Crippen molar-refractivity contribution in [2.45, 2.75) is 31.2 Å². The normalized spacial score (nSPS) is 22.4. The van der Waals surface area contributed by atoms with Crippen LogP contribution in [0, 0.1) is 0 Å². The second-order valence-corrected chi connectivity index (χ2v) is 6.97. The summed E-state index contributed by atoms with van der Waals surface area (Å²) in [4.78, 5) is 18.6. The van der Waals surface area contributed by atoms with Crippen LogP contribution in [0.15, 0.2) is 54.7 Å². The molecule has 2 aromatic carbocycles. The number of nitrogens with zero attached hydrogens (tertiary/aromatic N) is 1. The first kappa shape index (κ1) is 13.8. The molecule has 1 aliphatic heterocycles. The van der Waals surface area contributed by atoms with Crippen LogP contribution in [-0.4, -0.2) is 28.4 Å². The van der Waals surface area contributed by atoms with Crippen molar-refractivity contribution in [1.29, 1.82) is 0 Å². The summed E-state index contributed by atoms with van der Waals surface area (Å²) in [5.74, 6) is 0.680. The number of piperidine rings is 1. The molecule has 120 valence electrons. The second kappa shape index (κ2) is 5.23. The summed E-state index contributed by atoms with van der Waals surface area (Å²) in [6.45, 7) is 0.869. The molecule has 2 aliphatic rings. The van der Waals surface area contributed by atoms with E-state index in [-0.39, 0.29) is 5.91 Å². The van der Waals surface area contributed by atoms with Crippen LogP contribution in [0.25, 0.3) is 10.9 Å². The van der Waals surface area contributed by atoms with Gasteiger partial charge in [-0.15, -0.1) is 0 Å². The molecule has 0 unspecified atom stereocenters. The maximum atomic E-state index is 13.3. The number of amides is 1. The number of benzene rings is 2. The van der Waals surface area contributed by atoms with Gasteiger partial charge in [-0.05, 0) is 36.5 Å². The fourth-order valence-electron chi connectivity index (χ4n) is 4.63. The molecule has 0 bridgehead atoms. The van der Waals surface area contributed by atoms with Gasteiger partial charge in [0.15, 0.2) is 0 Å². The number of aromatic nitrogens is 1. The first-order chi connectivity index (χ1) is 11.8. The zero-order valence-electron chi connectivity index (χ0n) is 13.5. The Morgan fingerprint density at radius 3 is 2.88 bits per heavy atom. The van der Waals surface area contributed by atoms with Crippen molar-refractivity contribution >= 4 is 16.8 Å². The van der Waals surface area contributed by atoms with Gasteiger partial charge in [-0.1, -0.05) is 42.5 Å². The molecule has 2 heterocycles. The number of carbonyl (C=O) groups excluding carboxylic acids is 1. The third kappa shape index (κ3) is 1.94. The number of hydrogen-bond acceptors (Lipinski definition) is 1. The van der Waals surface area contributed by atoms with Crippen molar-refractivity contribution in [1.82, 2.24) is 9.88 Å². The van der Waals surface area contributed by atoms with E-state index in [1.807, 2.05) is 30.5 Å². The maximum absolute atomic E-state index is 13.3. The highest BCUT2D eigenvalue weighted by Gasteiger charge is 2.40. The quantitative estimate of drug-likeness (QED) is 0.720. The Hall–Kier alpha value is -2.55. The van der Waals surface area contributed by atoms with Gasteiger partial charge >= 0.3 is 0 Å². The Bertz CT molecular complexity index is 926. The molecule has 1 amide bonds. The minimum atomic E-state index is 0.176. The third-order valence-corrected chi connectivity index (χ3v) is 5.74. The lowest BCUT2D eigenvalue weighted by Crippen LogP contribution is -2.46. The summed E-state index contributed by atoms with van der Waals surface area (Å²) in [7, 11) is 0. The molecule has 24 heavy (non-hydrogen) atoms. The van der Waals surface area contributed by atoms with Gasteiger partial charge in [0.05, 0.1) is 5.56 Å². The van der Waals surface area contributed by atoms with Crippen molar-refractivity contribution in [3.63, 3.8) is 0 Å². The Kier molecular flexibility index (Phi) is 3.02. The molecule has 1 fully saturated rings. The summed E-state index contributed by atoms with van der Waals surface area (Å²) < 4.78 is 0. The molecule has 5 rings (SSSR count). The van der Waals surface area contributed by atoms with Gasteiger partial charge in [0.25, 0.3) is 5.91 Å². The van der Waals surface area contributed by atoms with Crippen molar-refractivity contribution in [3.05, 3.63) is 71.4 Å². The van der Waals surface area contributed by atoms with Crippen molar-refractivity contribution < 1.29 is 4.79 Å². The molecule has 1 aromatic heterocycles. The van der Waals surface area contributed by atoms with Gasteiger partial charge in [0.1, 0.15) is 0 Å². The first-order valence-electron chi connectivity index (χ1n) is 8.78. The maximum Gasteiger partial charge on any atom is 0.256 e. The number of hydrogen-bond donors (Lipinski definition) is 1. The molecule has 1 saturated heterocycles. The molecule has 3 heteroatoms. The predicted octanol–water partition coefficient (Wildman–Crippen LogP) is 4.11. The summed E-state index contributed by atoms with van der Waals surface area (Å²) >= 11 is 0. The van der Waals surface area contributed by atoms with Gasteiger partial charge in [-0.25, -0.2) is 0 Å². The van der Waals surface area contributed by atoms with Gasteiger partial charge < -0.3 is 9.88 Å². The Morgan fingerprint density at radius 2 is 1.92 bits per heavy atom. The van der Waals surface area contributed by atoms with Crippen LogP contribution in [0.4, 0.5) is 0 Å². The molecule has 0 spiro atoms. The number of aromatic amines is 1. The van der Waals surface area contributed by atoms with Crippen LogP contribution in [0.2, 0.25) is 0 Å². The molecule has 2 atom stereocenters. The van der Waals surface area contributed by atoms with E-state index in [0.717, 1.165) is 35.9 Å². The minimum absolute atomic E-state index is 0.176. The Balaban J connectivity index is 1.52. The highest BCUT2D eigenvalue weighted by molar-refractivity contribution is 6.06. The Labute approximate surface area is 141 Å². The summed E-state index contributed by atoms with van der Waals surface area (Å²) in [5.41, 5.74) is 4.72. The third-order valence-electron chi connectivity index (χ3n) is 5.74. The fourth-order valence-corrected chi connectivity index (χ4v) is 4.63. The number of fused-ring (bicyclic) bond motifs is 4. The number of rotatable bonds is 1. The fraction of sp³-hybridized carbons (Fsp3) is 0.286. The number of likely N-dealkylation sites (tertiary alicyclic amines) is 1. The lowest BCUT2D eigenvalue weighted by molar-refractivity contribution is 0.0597. The van der Waals surface area contributed by atoms with Crippen molar-refractivity contribution in [2.24, 2.45) is 0 Å². The predicted molar refractivity (Wildman–Crippen MR) is 95.2 cm³/mol. The molecular weight excluding hydrogens is 296 g/mol. The van der Waals surface area contributed by atoms with Gasteiger partial charge in [-0.2, -0.15) is 0 Å². The lowest BCUT2D eigenvalue weighted by atomic mass is 9.88. The van der Waals surface area contributed by atoms with Gasteiger partial charge in [0, 0.05) is 35.6 Å². The molecule has 3 nitrogen and oxygen atoms in total. The van der Waals surface area contributed by atoms with Gasteiger partial charge in [0.2, 0.25) is 0 Å². The number of H-pyrrole nitrogens is 1. The zero-order chi connectivity index (χ0) is 16.1. The van der Waals surface area contributed by atoms with Crippen molar-refractivity contribution in [2.75, 3.05) is 6.54 Å². The van der Waals surface area contributed by atoms with Crippen molar-refractivity contribution in [3.8, 4) is 0 Å². The largest absolute Gasteiger partial charge is 0.360 e. The monoisotopic (exact) mass is 316 g/mol. The van der Waals surface area contributed by atoms with Crippen LogP contribution in [0.1, 0.15) is 40.2 Å².